The molecule has 0 bridgehead atoms. The van der Waals surface area contributed by atoms with Gasteiger partial charge in [0.15, 0.2) is 0 Å². The summed E-state index contributed by atoms with van der Waals surface area (Å²) in [6, 6.07) is -0.935. The molecule has 2 amide bonds. The van der Waals surface area contributed by atoms with Crippen LogP contribution in [0.15, 0.2) is 0 Å². The molecule has 0 spiro atoms. The average molecular weight is 408 g/mol. The topological polar surface area (TPSA) is 101 Å². The van der Waals surface area contributed by atoms with Gasteiger partial charge in [-0.15, -0.1) is 0 Å². The van der Waals surface area contributed by atoms with E-state index in [0.29, 0.717) is 26.2 Å². The molecule has 0 aromatic rings. The second-order valence-corrected chi connectivity index (χ2v) is 8.85. The summed E-state index contributed by atoms with van der Waals surface area (Å²) < 4.78 is 36.1. The maximum Gasteiger partial charge on any atom is 0.408 e. The predicted octanol–water partition coefficient (Wildman–Crippen LogP) is 1.64. The molecule has 2 fully saturated rings. The van der Waals surface area contributed by atoms with Gasteiger partial charge in [-0.1, -0.05) is 0 Å². The number of amides is 2. The monoisotopic (exact) mass is 408 g/mol. The van der Waals surface area contributed by atoms with Crippen molar-refractivity contribution >= 4 is 12.2 Å². The third-order valence-corrected chi connectivity index (χ3v) is 3.68. The molecule has 0 saturated carbocycles. The molecule has 2 rings (SSSR count). The molecule has 0 aliphatic carbocycles. The Morgan fingerprint density at radius 1 is 0.750 bits per heavy atom. The quantitative estimate of drug-likeness (QED) is 0.554. The van der Waals surface area contributed by atoms with Gasteiger partial charge in [-0.25, -0.2) is 18.4 Å². The van der Waals surface area contributed by atoms with Crippen molar-refractivity contribution in [3.05, 3.63) is 0 Å². The van der Waals surface area contributed by atoms with Crippen molar-refractivity contribution in [3.63, 3.8) is 0 Å². The number of alkyl halides is 2. The highest BCUT2D eigenvalue weighted by atomic mass is 19.1. The van der Waals surface area contributed by atoms with Gasteiger partial charge in [-0.05, 0) is 41.5 Å². The summed E-state index contributed by atoms with van der Waals surface area (Å²) in [6.07, 6.45) is -3.17. The average Bonchev–Trinajstić information content (AvgIpc) is 3.05. The smallest absolute Gasteiger partial charge is 0.408 e. The van der Waals surface area contributed by atoms with Crippen LogP contribution in [0.25, 0.3) is 0 Å². The minimum Gasteiger partial charge on any atom is -0.444 e. The van der Waals surface area contributed by atoms with Crippen LogP contribution in [-0.2, 0) is 9.47 Å². The third kappa shape index (κ3) is 10.0. The number of carbonyl (C=O) groups is 2. The fourth-order valence-corrected chi connectivity index (χ4v) is 2.49. The van der Waals surface area contributed by atoms with Crippen LogP contribution in [-0.4, -0.2) is 74.0 Å². The Kier molecular flexibility index (Phi) is 8.87. The van der Waals surface area contributed by atoms with Crippen molar-refractivity contribution in [2.75, 3.05) is 26.2 Å². The normalized spacial score (nSPS) is 27.4. The SMILES string of the molecule is CC(C)(C)OC(=O)N[C@@H]1CNC[C@H]1F.CC(C)(C)OC(=O)N[C@H]1CNC[C@@H]1F. The number of nitrogens with one attached hydrogen (secondary N) is 4. The summed E-state index contributed by atoms with van der Waals surface area (Å²) in [5, 5.41) is 10.7. The van der Waals surface area contributed by atoms with E-state index in [1.54, 1.807) is 41.5 Å². The Hall–Kier alpha value is -1.68. The zero-order valence-electron chi connectivity index (χ0n) is 17.5. The first-order valence-corrected chi connectivity index (χ1v) is 9.45. The molecule has 8 nitrogen and oxygen atoms in total. The van der Waals surface area contributed by atoms with Gasteiger partial charge in [0.05, 0.1) is 12.1 Å². The van der Waals surface area contributed by atoms with Crippen molar-refractivity contribution in [2.24, 2.45) is 0 Å². The molecule has 2 aliphatic heterocycles. The van der Waals surface area contributed by atoms with E-state index < -0.39 is 47.8 Å². The summed E-state index contributed by atoms with van der Waals surface area (Å²) in [7, 11) is 0. The van der Waals surface area contributed by atoms with Gasteiger partial charge in [0, 0.05) is 26.2 Å². The molecule has 0 radical (unpaired) electrons. The van der Waals surface area contributed by atoms with Gasteiger partial charge < -0.3 is 30.7 Å². The Labute approximate surface area is 165 Å². The third-order valence-electron chi connectivity index (χ3n) is 3.68. The van der Waals surface area contributed by atoms with Gasteiger partial charge >= 0.3 is 12.2 Å². The minimum absolute atomic E-state index is 0.292. The molecule has 4 atom stereocenters. The lowest BCUT2D eigenvalue weighted by Crippen LogP contribution is -2.43. The molecular weight excluding hydrogens is 374 g/mol. The fourth-order valence-electron chi connectivity index (χ4n) is 2.49. The highest BCUT2D eigenvalue weighted by molar-refractivity contribution is 5.68. The van der Waals surface area contributed by atoms with Crippen LogP contribution in [0.5, 0.6) is 0 Å². The first-order chi connectivity index (χ1) is 12.8. The molecule has 2 saturated heterocycles. The van der Waals surface area contributed by atoms with E-state index >= 15 is 0 Å². The molecule has 0 unspecified atom stereocenters. The van der Waals surface area contributed by atoms with Crippen LogP contribution >= 0.6 is 0 Å². The molecule has 10 heteroatoms. The van der Waals surface area contributed by atoms with E-state index in [1.807, 2.05) is 0 Å². The largest absolute Gasteiger partial charge is 0.444 e. The number of halogens is 2. The lowest BCUT2D eigenvalue weighted by molar-refractivity contribution is 0.0479. The Morgan fingerprint density at radius 3 is 1.29 bits per heavy atom. The van der Waals surface area contributed by atoms with E-state index in [4.69, 9.17) is 9.47 Å². The Morgan fingerprint density at radius 2 is 1.07 bits per heavy atom. The standard InChI is InChI=1S/2C9H17FN2O2/c2*1-9(2,3)14-8(13)12-7-5-11-4-6(7)10/h2*6-7,11H,4-5H2,1-3H3,(H,12,13)/t2*6-,7-/m10/s1. The minimum atomic E-state index is -1.03. The van der Waals surface area contributed by atoms with Crippen LogP contribution in [0.2, 0.25) is 0 Å². The molecule has 2 aliphatic rings. The lowest BCUT2D eigenvalue weighted by atomic mass is 10.2. The molecule has 28 heavy (non-hydrogen) atoms. The second-order valence-electron chi connectivity index (χ2n) is 8.85. The van der Waals surface area contributed by atoms with E-state index in [0.717, 1.165) is 0 Å². The van der Waals surface area contributed by atoms with Gasteiger partial charge in [-0.3, -0.25) is 0 Å². The first-order valence-electron chi connectivity index (χ1n) is 9.45. The zero-order valence-corrected chi connectivity index (χ0v) is 17.5. The predicted molar refractivity (Wildman–Crippen MR) is 102 cm³/mol. The fraction of sp³-hybridized carbons (Fsp3) is 0.889. The Balaban J connectivity index is 0.000000280. The molecule has 0 aromatic carbocycles. The molecule has 4 N–H and O–H groups in total. The molecule has 2 heterocycles. The van der Waals surface area contributed by atoms with Crippen molar-refractivity contribution in [1.29, 1.82) is 0 Å². The number of hydrogen-bond donors (Lipinski definition) is 4. The van der Waals surface area contributed by atoms with Gasteiger partial charge in [0.2, 0.25) is 0 Å². The second kappa shape index (κ2) is 10.2. The zero-order chi connectivity index (χ0) is 21.5. The Bertz CT molecular complexity index is 477. The number of alkyl carbamates (subject to hydrolysis) is 2. The van der Waals surface area contributed by atoms with Crippen LogP contribution in [0.1, 0.15) is 41.5 Å². The highest BCUT2D eigenvalue weighted by Crippen LogP contribution is 2.10. The molecule has 0 aromatic heterocycles. The number of carbonyl (C=O) groups excluding carboxylic acids is 2. The van der Waals surface area contributed by atoms with E-state index in [1.165, 1.54) is 0 Å². The maximum absolute atomic E-state index is 13.0. The summed E-state index contributed by atoms with van der Waals surface area (Å²) in [5.74, 6) is 0. The summed E-state index contributed by atoms with van der Waals surface area (Å²) in [5.41, 5.74) is -1.08. The lowest BCUT2D eigenvalue weighted by Gasteiger charge is -2.22. The number of rotatable bonds is 2. The highest BCUT2D eigenvalue weighted by Gasteiger charge is 2.30. The van der Waals surface area contributed by atoms with Gasteiger partial charge in [0.25, 0.3) is 0 Å². The molecule has 164 valence electrons. The molecular formula is C18H34F2N4O4. The van der Waals surface area contributed by atoms with Crippen molar-refractivity contribution in [3.8, 4) is 0 Å². The van der Waals surface area contributed by atoms with Crippen molar-refractivity contribution < 1.29 is 27.8 Å². The van der Waals surface area contributed by atoms with Crippen LogP contribution < -0.4 is 21.3 Å². The number of ether oxygens (including phenoxy) is 2. The summed E-state index contributed by atoms with van der Waals surface area (Å²) >= 11 is 0. The first kappa shape index (κ1) is 24.4. The summed E-state index contributed by atoms with van der Waals surface area (Å²) in [4.78, 5) is 22.5. The van der Waals surface area contributed by atoms with Gasteiger partial charge in [-0.2, -0.15) is 0 Å². The van der Waals surface area contributed by atoms with E-state index in [2.05, 4.69) is 21.3 Å². The maximum atomic E-state index is 13.0. The van der Waals surface area contributed by atoms with E-state index in [-0.39, 0.29) is 0 Å². The van der Waals surface area contributed by atoms with E-state index in [9.17, 15) is 18.4 Å². The van der Waals surface area contributed by atoms with Crippen LogP contribution in [0, 0.1) is 0 Å². The van der Waals surface area contributed by atoms with Crippen molar-refractivity contribution in [1.82, 2.24) is 21.3 Å². The number of hydrogen-bond acceptors (Lipinski definition) is 6. The van der Waals surface area contributed by atoms with Gasteiger partial charge in [0.1, 0.15) is 23.5 Å². The van der Waals surface area contributed by atoms with Crippen LogP contribution in [0.4, 0.5) is 18.4 Å². The van der Waals surface area contributed by atoms with Crippen molar-refractivity contribution in [2.45, 2.75) is 77.2 Å². The van der Waals surface area contributed by atoms with Crippen LogP contribution in [0.3, 0.4) is 0 Å². The summed E-state index contributed by atoms with van der Waals surface area (Å²) in [6.45, 7) is 12.1.